The van der Waals surface area contributed by atoms with E-state index in [-0.39, 0.29) is 40.7 Å². The van der Waals surface area contributed by atoms with Crippen LogP contribution in [0.3, 0.4) is 0 Å². The number of carbonyl (C=O) groups excluding carboxylic acids is 1. The van der Waals surface area contributed by atoms with Gasteiger partial charge in [0, 0.05) is 6.54 Å². The fourth-order valence-electron chi connectivity index (χ4n) is 3.84. The minimum atomic E-state index is -0.675. The Balaban J connectivity index is 1.49. The lowest BCUT2D eigenvalue weighted by molar-refractivity contribution is 0.0940. The van der Waals surface area contributed by atoms with Gasteiger partial charge in [-0.3, -0.25) is 9.59 Å². The van der Waals surface area contributed by atoms with Crippen LogP contribution < -0.4 is 20.9 Å². The molecule has 1 amide bonds. The van der Waals surface area contributed by atoms with Crippen LogP contribution in [0.4, 0.5) is 8.78 Å². The molecule has 0 bridgehead atoms. The summed E-state index contributed by atoms with van der Waals surface area (Å²) in [6, 6.07) is 6.56. The first-order valence-electron chi connectivity index (χ1n) is 10.7. The highest BCUT2D eigenvalue weighted by molar-refractivity contribution is 6.30. The van der Waals surface area contributed by atoms with Crippen molar-refractivity contribution in [2.75, 3.05) is 19.7 Å². The van der Waals surface area contributed by atoms with Gasteiger partial charge in [0.2, 0.25) is 0 Å². The molecule has 0 aliphatic carbocycles. The molecule has 2 heterocycles. The maximum Gasteiger partial charge on any atom is 0.287 e. The predicted molar refractivity (Wildman–Crippen MR) is 121 cm³/mol. The number of amides is 1. The summed E-state index contributed by atoms with van der Waals surface area (Å²) in [6.45, 7) is 2.24. The summed E-state index contributed by atoms with van der Waals surface area (Å²) in [5.74, 6) is -1.77. The molecule has 0 saturated carbocycles. The van der Waals surface area contributed by atoms with Gasteiger partial charge in [0.15, 0.2) is 17.4 Å². The lowest BCUT2D eigenvalue weighted by atomic mass is 9.95. The number of halogens is 3. The molecule has 10 heteroatoms. The average molecular weight is 477 g/mol. The molecule has 4 rings (SSSR count). The van der Waals surface area contributed by atoms with E-state index in [4.69, 9.17) is 16.3 Å². The van der Waals surface area contributed by atoms with Crippen LogP contribution in [0.1, 0.15) is 35.4 Å². The van der Waals surface area contributed by atoms with Crippen LogP contribution in [-0.2, 0) is 6.54 Å². The van der Waals surface area contributed by atoms with Crippen molar-refractivity contribution in [1.29, 1.82) is 0 Å². The van der Waals surface area contributed by atoms with Crippen molar-refractivity contribution in [3.05, 3.63) is 68.7 Å². The van der Waals surface area contributed by atoms with Crippen molar-refractivity contribution >= 4 is 28.4 Å². The second-order valence-electron chi connectivity index (χ2n) is 7.95. The van der Waals surface area contributed by atoms with Crippen LogP contribution in [0.25, 0.3) is 10.9 Å². The standard InChI is InChI=1S/C23H23ClF2N4O3/c24-15-11-14(1-2-16(15)25)12-28-23(32)21-29-18-4-3-17(26)20(19(18)22(31)30-21)33-10-7-13-5-8-27-9-6-13/h1-4,11,13,27H,5-10,12H2,(H,28,32)(H,29,30,31). The first-order valence-corrected chi connectivity index (χ1v) is 11.1. The van der Waals surface area contributed by atoms with Crippen molar-refractivity contribution in [2.24, 2.45) is 5.92 Å². The molecule has 0 unspecified atom stereocenters. The van der Waals surface area contributed by atoms with E-state index in [1.54, 1.807) is 0 Å². The third-order valence-electron chi connectivity index (χ3n) is 5.66. The molecule has 3 N–H and O–H groups in total. The Morgan fingerprint density at radius 1 is 1.18 bits per heavy atom. The quantitative estimate of drug-likeness (QED) is 0.484. The molecule has 1 saturated heterocycles. The lowest BCUT2D eigenvalue weighted by Gasteiger charge is -2.22. The third kappa shape index (κ3) is 5.48. The van der Waals surface area contributed by atoms with E-state index in [2.05, 4.69) is 20.6 Å². The molecule has 0 radical (unpaired) electrons. The van der Waals surface area contributed by atoms with Crippen LogP contribution in [0, 0.1) is 17.6 Å². The number of aromatic nitrogens is 2. The fraction of sp³-hybridized carbons (Fsp3) is 0.348. The number of rotatable bonds is 7. The SMILES string of the molecule is O=C(NCc1ccc(F)c(Cl)c1)c1nc2ccc(F)c(OCCC3CCNCC3)c2c(=O)[nH]1. The summed E-state index contributed by atoms with van der Waals surface area (Å²) >= 11 is 5.75. The molecule has 1 aliphatic rings. The van der Waals surface area contributed by atoms with Crippen LogP contribution in [0.15, 0.2) is 35.1 Å². The van der Waals surface area contributed by atoms with E-state index in [1.165, 1.54) is 24.3 Å². The van der Waals surface area contributed by atoms with Crippen LogP contribution in [0.2, 0.25) is 5.02 Å². The van der Waals surface area contributed by atoms with E-state index in [0.717, 1.165) is 38.4 Å². The number of benzene rings is 2. The van der Waals surface area contributed by atoms with Gasteiger partial charge >= 0.3 is 0 Å². The number of nitrogens with zero attached hydrogens (tertiary/aromatic N) is 1. The monoisotopic (exact) mass is 476 g/mol. The second kappa shape index (κ2) is 10.3. The van der Waals surface area contributed by atoms with Crippen molar-refractivity contribution in [3.8, 4) is 5.75 Å². The number of nitrogens with one attached hydrogen (secondary N) is 3. The molecule has 7 nitrogen and oxygen atoms in total. The summed E-state index contributed by atoms with van der Waals surface area (Å²) in [4.78, 5) is 31.8. The van der Waals surface area contributed by atoms with Gasteiger partial charge in [-0.1, -0.05) is 17.7 Å². The van der Waals surface area contributed by atoms with Gasteiger partial charge in [0.25, 0.3) is 11.5 Å². The lowest BCUT2D eigenvalue weighted by Crippen LogP contribution is -2.28. The molecule has 1 aliphatic heterocycles. The molecule has 0 spiro atoms. The number of hydrogen-bond acceptors (Lipinski definition) is 5. The van der Waals surface area contributed by atoms with Gasteiger partial charge in [0.1, 0.15) is 11.2 Å². The number of carbonyl (C=O) groups is 1. The zero-order valence-corrected chi connectivity index (χ0v) is 18.5. The summed E-state index contributed by atoms with van der Waals surface area (Å²) in [5.41, 5.74) is 0.0442. The predicted octanol–water partition coefficient (Wildman–Crippen LogP) is 3.55. The molecule has 1 aromatic heterocycles. The van der Waals surface area contributed by atoms with Crippen molar-refractivity contribution in [2.45, 2.75) is 25.8 Å². The summed E-state index contributed by atoms with van der Waals surface area (Å²) in [5, 5.41) is 5.78. The van der Waals surface area contributed by atoms with Crippen LogP contribution in [0.5, 0.6) is 5.75 Å². The molecular formula is C23H23ClF2N4O3. The van der Waals surface area contributed by atoms with E-state index in [9.17, 15) is 18.4 Å². The van der Waals surface area contributed by atoms with Gasteiger partial charge < -0.3 is 20.4 Å². The molecule has 3 aromatic rings. The Hall–Kier alpha value is -3.04. The smallest absolute Gasteiger partial charge is 0.287 e. The highest BCUT2D eigenvalue weighted by Crippen LogP contribution is 2.26. The third-order valence-corrected chi connectivity index (χ3v) is 5.95. The van der Waals surface area contributed by atoms with Crippen molar-refractivity contribution < 1.29 is 18.3 Å². The molecule has 0 atom stereocenters. The summed E-state index contributed by atoms with van der Waals surface area (Å²) < 4.78 is 33.4. The number of H-pyrrole nitrogens is 1. The molecule has 1 fully saturated rings. The van der Waals surface area contributed by atoms with Crippen LogP contribution >= 0.6 is 11.6 Å². The van der Waals surface area contributed by atoms with E-state index in [1.807, 2.05) is 0 Å². The highest BCUT2D eigenvalue weighted by atomic mass is 35.5. The Labute approximate surface area is 193 Å². The Kier molecular flexibility index (Phi) is 7.20. The van der Waals surface area contributed by atoms with E-state index >= 15 is 0 Å². The Morgan fingerprint density at radius 3 is 2.70 bits per heavy atom. The van der Waals surface area contributed by atoms with Gasteiger partial charge in [0.05, 0.1) is 17.1 Å². The second-order valence-corrected chi connectivity index (χ2v) is 8.35. The zero-order valence-electron chi connectivity index (χ0n) is 17.7. The number of fused-ring (bicyclic) bond motifs is 1. The number of ether oxygens (including phenoxy) is 1. The van der Waals surface area contributed by atoms with Crippen molar-refractivity contribution in [3.63, 3.8) is 0 Å². The minimum Gasteiger partial charge on any atom is -0.490 e. The number of hydrogen-bond donors (Lipinski definition) is 3. The summed E-state index contributed by atoms with van der Waals surface area (Å²) in [6.07, 6.45) is 2.83. The fourth-order valence-corrected chi connectivity index (χ4v) is 4.04. The average Bonchev–Trinajstić information content (AvgIpc) is 2.81. The zero-order chi connectivity index (χ0) is 23.4. The van der Waals surface area contributed by atoms with Gasteiger partial charge in [-0.15, -0.1) is 0 Å². The Morgan fingerprint density at radius 2 is 1.94 bits per heavy atom. The maximum atomic E-state index is 14.5. The first kappa shape index (κ1) is 23.1. The molecule has 174 valence electrons. The normalized spacial score (nSPS) is 14.4. The summed E-state index contributed by atoms with van der Waals surface area (Å²) in [7, 11) is 0. The van der Waals surface area contributed by atoms with Crippen LogP contribution in [-0.4, -0.2) is 35.6 Å². The topological polar surface area (TPSA) is 96.1 Å². The molecular weight excluding hydrogens is 454 g/mol. The maximum absolute atomic E-state index is 14.5. The number of aromatic amines is 1. The van der Waals surface area contributed by atoms with E-state index < -0.39 is 23.1 Å². The minimum absolute atomic E-state index is 0.0397. The van der Waals surface area contributed by atoms with Crippen molar-refractivity contribution in [1.82, 2.24) is 20.6 Å². The Bertz CT molecular complexity index is 1230. The van der Waals surface area contributed by atoms with Gasteiger partial charge in [-0.25, -0.2) is 13.8 Å². The molecule has 2 aromatic carbocycles. The molecule has 33 heavy (non-hydrogen) atoms. The van der Waals surface area contributed by atoms with Gasteiger partial charge in [-0.05, 0) is 68.1 Å². The highest BCUT2D eigenvalue weighted by Gasteiger charge is 2.19. The van der Waals surface area contributed by atoms with E-state index in [0.29, 0.717) is 11.5 Å². The number of piperidine rings is 1. The largest absolute Gasteiger partial charge is 0.490 e. The first-order chi connectivity index (χ1) is 15.9. The van der Waals surface area contributed by atoms with Gasteiger partial charge in [-0.2, -0.15) is 0 Å².